The molecule has 0 heterocycles. The zero-order chi connectivity index (χ0) is 12.8. The Hall–Kier alpha value is -0.330. The monoisotopic (exact) mass is 254 g/mol. The highest BCUT2D eigenvalue weighted by Crippen LogP contribution is 2.21. The molecule has 0 radical (unpaired) electrons. The number of halogens is 2. The Bertz CT molecular complexity index is 225. The molecule has 0 fully saturated rings. The van der Waals surface area contributed by atoms with E-state index >= 15 is 0 Å². The fraction of sp³-hybridized carbons (Fsp3) is 0.900. The maximum atomic E-state index is 12.2. The van der Waals surface area contributed by atoms with E-state index in [4.69, 9.17) is 23.1 Å². The first-order chi connectivity index (χ1) is 7.29. The third kappa shape index (κ3) is 6.30. The number of nitrogens with zero attached hydrogens (tertiary/aromatic N) is 1. The SMILES string of the molecule is CC(C)(CCN(CCO)CC(F)F)C(N)=S. The van der Waals surface area contributed by atoms with Crippen molar-refractivity contribution in [2.75, 3.05) is 26.2 Å². The van der Waals surface area contributed by atoms with Crippen LogP contribution in [0.1, 0.15) is 20.3 Å². The van der Waals surface area contributed by atoms with Crippen LogP contribution < -0.4 is 5.73 Å². The molecule has 0 unspecified atom stereocenters. The van der Waals surface area contributed by atoms with Gasteiger partial charge in [0.25, 0.3) is 6.43 Å². The van der Waals surface area contributed by atoms with E-state index in [1.54, 1.807) is 0 Å². The zero-order valence-electron chi connectivity index (χ0n) is 9.75. The third-order valence-corrected chi connectivity index (χ3v) is 3.09. The van der Waals surface area contributed by atoms with Crippen LogP contribution in [-0.2, 0) is 0 Å². The van der Waals surface area contributed by atoms with Gasteiger partial charge in [0.05, 0.1) is 18.1 Å². The molecule has 0 atom stereocenters. The summed E-state index contributed by atoms with van der Waals surface area (Å²) in [6.45, 7) is 4.02. The minimum absolute atomic E-state index is 0.125. The standard InChI is InChI=1S/C10H20F2N2OS/c1-10(2,9(13)16)3-4-14(5-6-15)7-8(11)12/h8,15H,3-7H2,1-2H3,(H2,13,16). The lowest BCUT2D eigenvalue weighted by atomic mass is 9.89. The number of aliphatic hydroxyl groups is 1. The van der Waals surface area contributed by atoms with E-state index in [0.717, 1.165) is 0 Å². The van der Waals surface area contributed by atoms with Gasteiger partial charge in [-0.25, -0.2) is 8.78 Å². The molecule has 0 aliphatic rings. The predicted molar refractivity (Wildman–Crippen MR) is 64.7 cm³/mol. The molecule has 0 saturated carbocycles. The Balaban J connectivity index is 4.15. The molecule has 0 aromatic carbocycles. The minimum atomic E-state index is -2.39. The first-order valence-electron chi connectivity index (χ1n) is 5.21. The first-order valence-corrected chi connectivity index (χ1v) is 5.61. The molecule has 0 aliphatic heterocycles. The molecule has 3 N–H and O–H groups in total. The van der Waals surface area contributed by atoms with Gasteiger partial charge in [0.2, 0.25) is 0 Å². The van der Waals surface area contributed by atoms with Crippen molar-refractivity contribution in [1.82, 2.24) is 4.90 Å². The highest BCUT2D eigenvalue weighted by atomic mass is 32.1. The number of thiocarbonyl (C=S) groups is 1. The van der Waals surface area contributed by atoms with Gasteiger partial charge in [-0.3, -0.25) is 4.90 Å². The highest BCUT2D eigenvalue weighted by molar-refractivity contribution is 7.80. The van der Waals surface area contributed by atoms with Gasteiger partial charge in [-0.15, -0.1) is 0 Å². The number of rotatable bonds is 8. The molecule has 0 aromatic rings. The van der Waals surface area contributed by atoms with Gasteiger partial charge in [-0.1, -0.05) is 26.1 Å². The summed E-state index contributed by atoms with van der Waals surface area (Å²) in [6.07, 6.45) is -1.78. The second-order valence-electron chi connectivity index (χ2n) is 4.41. The maximum absolute atomic E-state index is 12.2. The quantitative estimate of drug-likeness (QED) is 0.640. The van der Waals surface area contributed by atoms with Crippen molar-refractivity contribution >= 4 is 17.2 Å². The second-order valence-corrected chi connectivity index (χ2v) is 4.85. The van der Waals surface area contributed by atoms with Crippen LogP contribution in [0.5, 0.6) is 0 Å². The molecule has 0 saturated heterocycles. The number of aliphatic hydroxyl groups excluding tert-OH is 1. The van der Waals surface area contributed by atoms with Crippen molar-refractivity contribution in [3.8, 4) is 0 Å². The molecule has 0 amide bonds. The Morgan fingerprint density at radius 1 is 1.44 bits per heavy atom. The van der Waals surface area contributed by atoms with Gasteiger partial charge in [0, 0.05) is 12.0 Å². The summed E-state index contributed by atoms with van der Waals surface area (Å²) in [7, 11) is 0. The largest absolute Gasteiger partial charge is 0.395 e. The predicted octanol–water partition coefficient (Wildman–Crippen LogP) is 1.25. The van der Waals surface area contributed by atoms with E-state index in [-0.39, 0.29) is 25.1 Å². The Kier molecular flexibility index (Phi) is 6.94. The van der Waals surface area contributed by atoms with Crippen molar-refractivity contribution in [3.63, 3.8) is 0 Å². The molecular formula is C10H20F2N2OS. The summed E-state index contributed by atoms with van der Waals surface area (Å²) in [5.41, 5.74) is 5.20. The van der Waals surface area contributed by atoms with Crippen LogP contribution in [0.3, 0.4) is 0 Å². The lowest BCUT2D eigenvalue weighted by molar-refractivity contribution is 0.0745. The molecule has 96 valence electrons. The number of hydrogen-bond donors (Lipinski definition) is 2. The van der Waals surface area contributed by atoms with Crippen LogP contribution in [0.15, 0.2) is 0 Å². The molecule has 0 spiro atoms. The van der Waals surface area contributed by atoms with E-state index in [1.165, 1.54) is 4.90 Å². The summed E-state index contributed by atoms with van der Waals surface area (Å²) >= 11 is 4.90. The summed E-state index contributed by atoms with van der Waals surface area (Å²) in [6, 6.07) is 0. The molecule has 0 aliphatic carbocycles. The van der Waals surface area contributed by atoms with Gasteiger partial charge in [-0.05, 0) is 13.0 Å². The average molecular weight is 254 g/mol. The Morgan fingerprint density at radius 2 is 2.00 bits per heavy atom. The lowest BCUT2D eigenvalue weighted by Crippen LogP contribution is -2.38. The molecule has 0 bridgehead atoms. The van der Waals surface area contributed by atoms with Crippen LogP contribution in [0.2, 0.25) is 0 Å². The molecule has 3 nitrogen and oxygen atoms in total. The van der Waals surface area contributed by atoms with E-state index in [0.29, 0.717) is 18.0 Å². The van der Waals surface area contributed by atoms with Gasteiger partial charge in [0.15, 0.2) is 0 Å². The Morgan fingerprint density at radius 3 is 2.38 bits per heavy atom. The van der Waals surface area contributed by atoms with Crippen LogP contribution in [0, 0.1) is 5.41 Å². The summed E-state index contributed by atoms with van der Waals surface area (Å²) in [5.74, 6) is 0. The van der Waals surface area contributed by atoms with Crippen LogP contribution in [0.25, 0.3) is 0 Å². The lowest BCUT2D eigenvalue weighted by Gasteiger charge is -2.28. The van der Waals surface area contributed by atoms with Gasteiger partial charge < -0.3 is 10.8 Å². The zero-order valence-corrected chi connectivity index (χ0v) is 10.6. The van der Waals surface area contributed by atoms with Crippen LogP contribution >= 0.6 is 12.2 Å². The van der Waals surface area contributed by atoms with Crippen molar-refractivity contribution in [1.29, 1.82) is 0 Å². The average Bonchev–Trinajstić information content (AvgIpc) is 2.13. The number of hydrogen-bond acceptors (Lipinski definition) is 3. The Labute approximate surface area is 101 Å². The second kappa shape index (κ2) is 7.09. The van der Waals surface area contributed by atoms with Crippen LogP contribution in [-0.4, -0.2) is 47.7 Å². The van der Waals surface area contributed by atoms with Gasteiger partial charge >= 0.3 is 0 Å². The fourth-order valence-corrected chi connectivity index (χ4v) is 1.29. The smallest absolute Gasteiger partial charge is 0.251 e. The molecule has 0 aromatic heterocycles. The molecule has 6 heteroatoms. The van der Waals surface area contributed by atoms with E-state index in [9.17, 15) is 8.78 Å². The van der Waals surface area contributed by atoms with Crippen LogP contribution in [0.4, 0.5) is 8.78 Å². The summed E-state index contributed by atoms with van der Waals surface area (Å²) in [4.78, 5) is 1.90. The van der Waals surface area contributed by atoms with Crippen molar-refractivity contribution in [2.24, 2.45) is 11.1 Å². The van der Waals surface area contributed by atoms with Gasteiger partial charge in [0.1, 0.15) is 0 Å². The van der Waals surface area contributed by atoms with Gasteiger partial charge in [-0.2, -0.15) is 0 Å². The fourth-order valence-electron chi connectivity index (χ4n) is 1.19. The molecule has 16 heavy (non-hydrogen) atoms. The minimum Gasteiger partial charge on any atom is -0.395 e. The van der Waals surface area contributed by atoms with E-state index < -0.39 is 6.43 Å². The summed E-state index contributed by atoms with van der Waals surface area (Å²) < 4.78 is 24.4. The molecular weight excluding hydrogens is 234 g/mol. The van der Waals surface area contributed by atoms with Crippen molar-refractivity contribution in [2.45, 2.75) is 26.7 Å². The first kappa shape index (κ1) is 15.7. The normalized spacial score (nSPS) is 12.4. The number of alkyl halides is 2. The van der Waals surface area contributed by atoms with Crippen molar-refractivity contribution in [3.05, 3.63) is 0 Å². The summed E-state index contributed by atoms with van der Waals surface area (Å²) in [5, 5.41) is 8.75. The number of nitrogens with two attached hydrogens (primary N) is 1. The van der Waals surface area contributed by atoms with Crippen molar-refractivity contribution < 1.29 is 13.9 Å². The molecule has 0 rings (SSSR count). The third-order valence-electron chi connectivity index (χ3n) is 2.53. The van der Waals surface area contributed by atoms with E-state index in [1.807, 2.05) is 13.8 Å². The maximum Gasteiger partial charge on any atom is 0.251 e. The topological polar surface area (TPSA) is 49.5 Å². The van der Waals surface area contributed by atoms with E-state index in [2.05, 4.69) is 0 Å². The highest BCUT2D eigenvalue weighted by Gasteiger charge is 2.23.